The van der Waals surface area contributed by atoms with Crippen LogP contribution in [0.3, 0.4) is 0 Å². The van der Waals surface area contributed by atoms with Gasteiger partial charge in [0.2, 0.25) is 0 Å². The second-order valence-electron chi connectivity index (χ2n) is 18.3. The summed E-state index contributed by atoms with van der Waals surface area (Å²) in [6.45, 7) is 4.74. The second kappa shape index (κ2) is 12.8. The molecule has 0 saturated carbocycles. The van der Waals surface area contributed by atoms with Crippen LogP contribution in [0.5, 0.6) is 0 Å². The molecule has 10 aromatic carbocycles. The Morgan fingerprint density at radius 3 is 1.91 bits per heavy atom. The first-order valence-corrected chi connectivity index (χ1v) is 22.4. The van der Waals surface area contributed by atoms with Gasteiger partial charge in [-0.15, -0.1) is 0 Å². The largest absolute Gasteiger partial charge is 0.455 e. The van der Waals surface area contributed by atoms with Gasteiger partial charge in [-0.25, -0.2) is 0 Å². The van der Waals surface area contributed by atoms with E-state index in [-0.39, 0.29) is 5.41 Å². The Kier molecular flexibility index (Phi) is 7.13. The molecule has 1 spiro atoms. The van der Waals surface area contributed by atoms with Crippen molar-refractivity contribution < 1.29 is 4.42 Å². The third-order valence-electron chi connectivity index (χ3n) is 14.9. The number of benzene rings is 10. The fraction of sp³-hybridized carbons (Fsp3) is 0.0645. The van der Waals surface area contributed by atoms with Crippen molar-refractivity contribution in [3.8, 4) is 44.5 Å². The van der Waals surface area contributed by atoms with Gasteiger partial charge in [-0.2, -0.15) is 0 Å². The number of rotatable bonds is 4. The smallest absolute Gasteiger partial charge is 0.143 e. The van der Waals surface area contributed by atoms with Crippen LogP contribution in [0.2, 0.25) is 0 Å². The average molecular weight is 816 g/mol. The molecule has 0 N–H and O–H groups in total. The summed E-state index contributed by atoms with van der Waals surface area (Å²) in [5, 5.41) is 4.81. The molecule has 2 heteroatoms. The zero-order valence-corrected chi connectivity index (χ0v) is 35.6. The summed E-state index contributed by atoms with van der Waals surface area (Å²) in [4.78, 5) is 2.51. The first-order chi connectivity index (χ1) is 31.5. The van der Waals surface area contributed by atoms with Gasteiger partial charge in [-0.05, 0) is 120 Å². The molecule has 64 heavy (non-hydrogen) atoms. The predicted octanol–water partition coefficient (Wildman–Crippen LogP) is 16.5. The molecule has 2 nitrogen and oxygen atoms in total. The lowest BCUT2D eigenvalue weighted by atomic mass is 9.70. The van der Waals surface area contributed by atoms with Gasteiger partial charge < -0.3 is 9.32 Å². The third-order valence-corrected chi connectivity index (χ3v) is 14.9. The van der Waals surface area contributed by atoms with Gasteiger partial charge in [-0.3, -0.25) is 0 Å². The molecule has 0 amide bonds. The van der Waals surface area contributed by atoms with Crippen molar-refractivity contribution in [1.29, 1.82) is 0 Å². The quantitative estimate of drug-likeness (QED) is 0.176. The van der Waals surface area contributed by atoms with E-state index in [0.29, 0.717) is 0 Å². The van der Waals surface area contributed by atoms with Crippen LogP contribution in [0.4, 0.5) is 17.1 Å². The van der Waals surface area contributed by atoms with Crippen molar-refractivity contribution in [2.45, 2.75) is 24.7 Å². The van der Waals surface area contributed by atoms with Crippen LogP contribution in [-0.4, -0.2) is 0 Å². The molecule has 0 aliphatic heterocycles. The van der Waals surface area contributed by atoms with Gasteiger partial charge in [0.1, 0.15) is 11.2 Å². The third kappa shape index (κ3) is 4.54. The molecule has 14 rings (SSSR count). The van der Waals surface area contributed by atoms with E-state index < -0.39 is 5.41 Å². The van der Waals surface area contributed by atoms with Gasteiger partial charge in [0, 0.05) is 38.7 Å². The van der Waals surface area contributed by atoms with E-state index in [4.69, 9.17) is 4.42 Å². The molecule has 1 unspecified atom stereocenters. The van der Waals surface area contributed by atoms with Crippen LogP contribution >= 0.6 is 0 Å². The number of anilines is 3. The number of hydrogen-bond donors (Lipinski definition) is 0. The summed E-state index contributed by atoms with van der Waals surface area (Å²) in [7, 11) is 0. The van der Waals surface area contributed by atoms with Crippen LogP contribution in [0, 0.1) is 0 Å². The van der Waals surface area contributed by atoms with E-state index in [2.05, 4.69) is 231 Å². The number of hydrogen-bond acceptors (Lipinski definition) is 2. The summed E-state index contributed by atoms with van der Waals surface area (Å²) >= 11 is 0. The molecule has 1 atom stereocenters. The fourth-order valence-electron chi connectivity index (χ4n) is 12.1. The Hall–Kier alpha value is -7.94. The highest BCUT2D eigenvalue weighted by molar-refractivity contribution is 6.11. The lowest BCUT2D eigenvalue weighted by molar-refractivity contribution is 0.660. The summed E-state index contributed by atoms with van der Waals surface area (Å²) in [5.41, 5.74) is 22.5. The predicted molar refractivity (Wildman–Crippen MR) is 265 cm³/mol. The van der Waals surface area contributed by atoms with Crippen LogP contribution in [0.15, 0.2) is 217 Å². The normalized spacial score (nSPS) is 15.8. The lowest BCUT2D eigenvalue weighted by Crippen LogP contribution is -2.26. The Morgan fingerprint density at radius 2 is 1.02 bits per heavy atom. The molecule has 3 aliphatic rings. The summed E-state index contributed by atoms with van der Waals surface area (Å²) in [6, 6.07) is 79.1. The summed E-state index contributed by atoms with van der Waals surface area (Å²) in [5.74, 6) is 0. The molecule has 3 aliphatic carbocycles. The highest BCUT2D eigenvalue weighted by Crippen LogP contribution is 2.66. The van der Waals surface area contributed by atoms with Crippen molar-refractivity contribution in [2.24, 2.45) is 0 Å². The average Bonchev–Trinajstić information content (AvgIpc) is 4.04. The van der Waals surface area contributed by atoms with E-state index in [1.807, 2.05) is 0 Å². The zero-order valence-electron chi connectivity index (χ0n) is 35.6. The monoisotopic (exact) mass is 815 g/mol. The minimum Gasteiger partial charge on any atom is -0.455 e. The van der Waals surface area contributed by atoms with Gasteiger partial charge in [-0.1, -0.05) is 184 Å². The Labute approximate surface area is 372 Å². The molecule has 0 fully saturated rings. The maximum Gasteiger partial charge on any atom is 0.143 e. The molecule has 300 valence electrons. The van der Waals surface area contributed by atoms with Crippen LogP contribution in [0.25, 0.3) is 77.2 Å². The van der Waals surface area contributed by atoms with Gasteiger partial charge >= 0.3 is 0 Å². The standard InChI is InChI=1S/C62H41NO/c1-61(2)50-25-11-8-20-44(50)45-34-32-41(37-54(45)61)63(40-17-4-3-5-18-40)56-28-15-27-52-59(56)49-33-30-39(43-23-14-24-47-46-21-10-13-29-57(46)64-60(43)47)36-55(49)62(52)51-26-12-9-22-48(51)58-42-19-7-6-16-38(42)31-35-53(58)62/h3-37H,1-2H3. The maximum absolute atomic E-state index is 6.71. The van der Waals surface area contributed by atoms with Crippen molar-refractivity contribution in [3.63, 3.8) is 0 Å². The van der Waals surface area contributed by atoms with Crippen molar-refractivity contribution >= 4 is 49.8 Å². The molecular formula is C62H41NO. The van der Waals surface area contributed by atoms with E-state index in [0.717, 1.165) is 50.1 Å². The Balaban J connectivity index is 1.08. The van der Waals surface area contributed by atoms with E-state index in [1.54, 1.807) is 0 Å². The van der Waals surface area contributed by atoms with Crippen LogP contribution in [-0.2, 0) is 10.8 Å². The summed E-state index contributed by atoms with van der Waals surface area (Å²) in [6.07, 6.45) is 0. The molecule has 0 radical (unpaired) electrons. The van der Waals surface area contributed by atoms with E-state index in [1.165, 1.54) is 77.5 Å². The van der Waals surface area contributed by atoms with Crippen LogP contribution in [0.1, 0.15) is 47.2 Å². The minimum atomic E-state index is -0.585. The number of para-hydroxylation sites is 3. The van der Waals surface area contributed by atoms with Gasteiger partial charge in [0.15, 0.2) is 0 Å². The number of furan rings is 1. The Bertz CT molecular complexity index is 3780. The number of nitrogens with zero attached hydrogens (tertiary/aromatic N) is 1. The highest BCUT2D eigenvalue weighted by Gasteiger charge is 2.53. The highest BCUT2D eigenvalue weighted by atomic mass is 16.3. The van der Waals surface area contributed by atoms with Crippen molar-refractivity contribution in [2.75, 3.05) is 4.90 Å². The molecular weight excluding hydrogens is 775 g/mol. The molecule has 1 aromatic heterocycles. The SMILES string of the molecule is CC1(C)c2ccccc2-c2ccc(N(c3ccccc3)c3cccc4c3-c3ccc(-c5cccc6c5oc5ccccc56)cc3C43c4ccccc4-c4c3ccc3ccccc43)cc21. The number of fused-ring (bicyclic) bond motifs is 18. The maximum atomic E-state index is 6.71. The van der Waals surface area contributed by atoms with Gasteiger partial charge in [0.05, 0.1) is 11.1 Å². The summed E-state index contributed by atoms with van der Waals surface area (Å²) < 4.78 is 6.71. The molecule has 0 bridgehead atoms. The topological polar surface area (TPSA) is 16.4 Å². The minimum absolute atomic E-state index is 0.140. The van der Waals surface area contributed by atoms with Crippen molar-refractivity contribution in [3.05, 3.63) is 246 Å². The fourth-order valence-corrected chi connectivity index (χ4v) is 12.1. The molecule has 1 heterocycles. The zero-order chi connectivity index (χ0) is 42.3. The lowest BCUT2D eigenvalue weighted by Gasteiger charge is -2.32. The first-order valence-electron chi connectivity index (χ1n) is 22.4. The van der Waals surface area contributed by atoms with E-state index >= 15 is 0 Å². The van der Waals surface area contributed by atoms with E-state index in [9.17, 15) is 0 Å². The molecule has 11 aromatic rings. The molecule has 0 saturated heterocycles. The first kappa shape index (κ1) is 35.6. The second-order valence-corrected chi connectivity index (χ2v) is 18.3. The Morgan fingerprint density at radius 1 is 0.375 bits per heavy atom. The van der Waals surface area contributed by atoms with Crippen LogP contribution < -0.4 is 4.90 Å². The van der Waals surface area contributed by atoms with Crippen molar-refractivity contribution in [1.82, 2.24) is 0 Å². The van der Waals surface area contributed by atoms with Gasteiger partial charge in [0.25, 0.3) is 0 Å².